The number of pyridine rings is 1. The molecule has 0 saturated heterocycles. The zero-order valence-corrected chi connectivity index (χ0v) is 18.0. The van der Waals surface area contributed by atoms with E-state index in [1.165, 1.54) is 60.8 Å². The van der Waals surface area contributed by atoms with Gasteiger partial charge in [0.05, 0.1) is 21.6 Å². The van der Waals surface area contributed by atoms with Crippen LogP contribution in [0.1, 0.15) is 15.9 Å². The lowest BCUT2D eigenvalue weighted by molar-refractivity contribution is 0.0999. The van der Waals surface area contributed by atoms with E-state index < -0.39 is 29.8 Å². The zero-order chi connectivity index (χ0) is 22.6. The standard InChI is InChI=1S/C21H19N3O5S2/c1-15-12-16(20(22)25)13-23-21(15)24-14-19(30(26,27)17-8-4-2-5-9-17)31(28,29)18-10-6-3-7-11-18/h2-14H,1H3,(H2,22,25)(H,23,24). The monoisotopic (exact) mass is 457 g/mol. The molecule has 0 aliphatic carbocycles. The SMILES string of the molecule is Cc1cc(C(N)=O)c[nH]c1=NC=C(S(=O)(=O)c1ccccc1)S(=O)(=O)c1ccccc1. The summed E-state index contributed by atoms with van der Waals surface area (Å²) < 4.78 is 52.0. The van der Waals surface area contributed by atoms with Crippen LogP contribution in [-0.4, -0.2) is 27.7 Å². The van der Waals surface area contributed by atoms with Crippen LogP contribution >= 0.6 is 0 Å². The van der Waals surface area contributed by atoms with Gasteiger partial charge in [-0.1, -0.05) is 36.4 Å². The highest BCUT2D eigenvalue weighted by molar-refractivity contribution is 8.14. The number of H-pyrrole nitrogens is 1. The Kier molecular flexibility index (Phi) is 6.23. The molecule has 0 fully saturated rings. The molecule has 0 aliphatic rings. The summed E-state index contributed by atoms with van der Waals surface area (Å²) in [6.45, 7) is 1.62. The van der Waals surface area contributed by atoms with E-state index in [1.54, 1.807) is 19.1 Å². The first-order chi connectivity index (χ1) is 14.6. The predicted octanol–water partition coefficient (Wildman–Crippen LogP) is 2.07. The topological polar surface area (TPSA) is 140 Å². The highest BCUT2D eigenvalue weighted by Crippen LogP contribution is 2.28. The van der Waals surface area contributed by atoms with Crippen molar-refractivity contribution in [3.63, 3.8) is 0 Å². The molecule has 160 valence electrons. The maximum absolute atomic E-state index is 13.2. The van der Waals surface area contributed by atoms with E-state index in [0.29, 0.717) is 5.56 Å². The van der Waals surface area contributed by atoms with Crippen LogP contribution in [0.4, 0.5) is 0 Å². The number of aromatic nitrogens is 1. The number of primary amides is 1. The molecule has 8 nitrogen and oxygen atoms in total. The summed E-state index contributed by atoms with van der Waals surface area (Å²) in [5, 5.41) is 0. The third-order valence-electron chi connectivity index (χ3n) is 4.33. The Morgan fingerprint density at radius 2 is 1.39 bits per heavy atom. The Morgan fingerprint density at radius 1 is 0.903 bits per heavy atom. The summed E-state index contributed by atoms with van der Waals surface area (Å²) >= 11 is 0. The van der Waals surface area contributed by atoms with Gasteiger partial charge in [-0.05, 0) is 42.8 Å². The zero-order valence-electron chi connectivity index (χ0n) is 16.4. The lowest BCUT2D eigenvalue weighted by atomic mass is 10.2. The number of carbonyl (C=O) groups is 1. The normalized spacial score (nSPS) is 12.4. The number of amides is 1. The van der Waals surface area contributed by atoms with E-state index >= 15 is 0 Å². The Hall–Kier alpha value is -3.50. The van der Waals surface area contributed by atoms with Gasteiger partial charge in [-0.3, -0.25) is 4.79 Å². The fourth-order valence-electron chi connectivity index (χ4n) is 2.72. The molecule has 0 aliphatic heterocycles. The number of hydrogen-bond donors (Lipinski definition) is 2. The first-order valence-corrected chi connectivity index (χ1v) is 11.9. The molecule has 1 heterocycles. The smallest absolute Gasteiger partial charge is 0.250 e. The third kappa shape index (κ3) is 4.65. The first kappa shape index (κ1) is 22.2. The molecule has 3 N–H and O–H groups in total. The van der Waals surface area contributed by atoms with Gasteiger partial charge >= 0.3 is 0 Å². The second kappa shape index (κ2) is 8.70. The molecule has 3 rings (SSSR count). The van der Waals surface area contributed by atoms with Crippen molar-refractivity contribution in [3.05, 3.63) is 100.0 Å². The summed E-state index contributed by atoms with van der Waals surface area (Å²) in [4.78, 5) is 17.7. The summed E-state index contributed by atoms with van der Waals surface area (Å²) in [6, 6.07) is 15.9. The molecule has 31 heavy (non-hydrogen) atoms. The number of nitrogens with zero attached hydrogens (tertiary/aromatic N) is 1. The number of nitrogens with one attached hydrogen (secondary N) is 1. The number of benzene rings is 2. The molecule has 0 spiro atoms. The number of carbonyl (C=O) groups excluding carboxylic acids is 1. The minimum absolute atomic E-state index is 0.175. The molecule has 0 radical (unpaired) electrons. The third-order valence-corrected chi connectivity index (χ3v) is 8.70. The Morgan fingerprint density at radius 3 is 1.81 bits per heavy atom. The number of aromatic amines is 1. The van der Waals surface area contributed by atoms with Crippen LogP contribution in [0.15, 0.2) is 98.1 Å². The highest BCUT2D eigenvalue weighted by atomic mass is 32.3. The second-order valence-electron chi connectivity index (χ2n) is 6.49. The molecule has 0 bridgehead atoms. The maximum atomic E-state index is 13.2. The largest absolute Gasteiger partial charge is 0.366 e. The van der Waals surface area contributed by atoms with E-state index in [2.05, 4.69) is 9.98 Å². The fourth-order valence-corrected chi connectivity index (χ4v) is 6.33. The van der Waals surface area contributed by atoms with Crippen molar-refractivity contribution in [2.45, 2.75) is 16.7 Å². The van der Waals surface area contributed by atoms with Crippen LogP contribution in [0, 0.1) is 6.92 Å². The van der Waals surface area contributed by atoms with E-state index in [0.717, 1.165) is 6.20 Å². The van der Waals surface area contributed by atoms with Gasteiger partial charge < -0.3 is 10.7 Å². The van der Waals surface area contributed by atoms with Crippen molar-refractivity contribution >= 4 is 25.6 Å². The van der Waals surface area contributed by atoms with Gasteiger partial charge in [0.2, 0.25) is 25.6 Å². The van der Waals surface area contributed by atoms with E-state index in [1.807, 2.05) is 0 Å². The number of aryl methyl sites for hydroxylation is 1. The van der Waals surface area contributed by atoms with Crippen molar-refractivity contribution < 1.29 is 21.6 Å². The molecule has 2 aromatic carbocycles. The van der Waals surface area contributed by atoms with Crippen LogP contribution in [0.2, 0.25) is 0 Å². The number of hydrogen-bond acceptors (Lipinski definition) is 6. The number of nitrogens with two attached hydrogens (primary N) is 1. The Labute approximate surface area is 179 Å². The molecule has 1 amide bonds. The average molecular weight is 458 g/mol. The van der Waals surface area contributed by atoms with Gasteiger partial charge in [0.25, 0.3) is 0 Å². The van der Waals surface area contributed by atoms with Crippen molar-refractivity contribution in [2.24, 2.45) is 10.7 Å². The van der Waals surface area contributed by atoms with Gasteiger partial charge in [0.1, 0.15) is 5.49 Å². The predicted molar refractivity (Wildman–Crippen MR) is 115 cm³/mol. The molecule has 0 atom stereocenters. The van der Waals surface area contributed by atoms with Crippen molar-refractivity contribution in [1.29, 1.82) is 0 Å². The average Bonchev–Trinajstić information content (AvgIpc) is 2.75. The van der Waals surface area contributed by atoms with Crippen LogP contribution < -0.4 is 11.2 Å². The summed E-state index contributed by atoms with van der Waals surface area (Å²) in [5.41, 5.74) is 6.09. The quantitative estimate of drug-likeness (QED) is 0.583. The fraction of sp³-hybridized carbons (Fsp3) is 0.0476. The van der Waals surface area contributed by atoms with Crippen molar-refractivity contribution in [2.75, 3.05) is 0 Å². The Balaban J connectivity index is 2.26. The van der Waals surface area contributed by atoms with Gasteiger partial charge in [-0.2, -0.15) is 0 Å². The van der Waals surface area contributed by atoms with Crippen LogP contribution in [-0.2, 0) is 19.7 Å². The summed E-state index contributed by atoms with van der Waals surface area (Å²) in [6.07, 6.45) is 2.10. The van der Waals surface area contributed by atoms with Gasteiger partial charge in [-0.25, -0.2) is 21.8 Å². The molecule has 1 aromatic heterocycles. The van der Waals surface area contributed by atoms with Crippen LogP contribution in [0.3, 0.4) is 0 Å². The van der Waals surface area contributed by atoms with E-state index in [9.17, 15) is 21.6 Å². The van der Waals surface area contributed by atoms with Gasteiger partial charge in [-0.15, -0.1) is 0 Å². The molecule has 0 saturated carbocycles. The van der Waals surface area contributed by atoms with Crippen molar-refractivity contribution in [1.82, 2.24) is 4.98 Å². The highest BCUT2D eigenvalue weighted by Gasteiger charge is 2.33. The molecule has 10 heteroatoms. The summed E-state index contributed by atoms with van der Waals surface area (Å²) in [7, 11) is -8.84. The summed E-state index contributed by atoms with van der Waals surface area (Å²) in [5.74, 6) is -0.652. The van der Waals surface area contributed by atoms with Gasteiger partial charge in [0, 0.05) is 6.20 Å². The molecular formula is C21H19N3O5S2. The molecule has 3 aromatic rings. The number of rotatable bonds is 6. The van der Waals surface area contributed by atoms with Crippen molar-refractivity contribution in [3.8, 4) is 0 Å². The minimum atomic E-state index is -4.42. The Bertz CT molecular complexity index is 1350. The molecule has 0 unspecified atom stereocenters. The first-order valence-electron chi connectivity index (χ1n) is 8.97. The minimum Gasteiger partial charge on any atom is -0.366 e. The van der Waals surface area contributed by atoms with Crippen LogP contribution in [0.25, 0.3) is 0 Å². The second-order valence-corrected chi connectivity index (χ2v) is 10.6. The van der Waals surface area contributed by atoms with Gasteiger partial charge in [0.15, 0.2) is 4.24 Å². The lowest BCUT2D eigenvalue weighted by Gasteiger charge is -2.10. The maximum Gasteiger partial charge on any atom is 0.250 e. The van der Waals surface area contributed by atoms with Crippen LogP contribution in [0.5, 0.6) is 0 Å². The van der Waals surface area contributed by atoms with E-state index in [4.69, 9.17) is 5.73 Å². The molecular weight excluding hydrogens is 438 g/mol. The number of sulfone groups is 2. The van der Waals surface area contributed by atoms with E-state index in [-0.39, 0.29) is 20.8 Å². The lowest BCUT2D eigenvalue weighted by Crippen LogP contribution is -2.18.